The van der Waals surface area contributed by atoms with E-state index >= 15 is 0 Å². The number of carbonyl (C=O) groups excluding carboxylic acids is 2. The molecule has 27 heavy (non-hydrogen) atoms. The summed E-state index contributed by atoms with van der Waals surface area (Å²) in [6.45, 7) is -0.408. The number of esters is 2. The Morgan fingerprint density at radius 2 is 1.56 bits per heavy atom. The highest BCUT2D eigenvalue weighted by molar-refractivity contribution is 9.10. The van der Waals surface area contributed by atoms with Gasteiger partial charge < -0.3 is 19.3 Å². The van der Waals surface area contributed by atoms with Gasteiger partial charge in [-0.3, -0.25) is 0 Å². The summed E-state index contributed by atoms with van der Waals surface area (Å²) in [6.07, 6.45) is -4.74. The van der Waals surface area contributed by atoms with Crippen LogP contribution in [-0.2, 0) is 14.2 Å². The molecule has 0 bridgehead atoms. The van der Waals surface area contributed by atoms with E-state index in [1.54, 1.807) is 48.5 Å². The third-order valence-corrected chi connectivity index (χ3v) is 4.58. The molecule has 6 nitrogen and oxygen atoms in total. The first-order valence-corrected chi connectivity index (χ1v) is 8.89. The van der Waals surface area contributed by atoms with E-state index in [0.717, 1.165) is 0 Å². The van der Waals surface area contributed by atoms with E-state index in [0.29, 0.717) is 5.56 Å². The number of aliphatic hydroxyl groups is 1. The van der Waals surface area contributed by atoms with Crippen LogP contribution in [0.2, 0.25) is 0 Å². The van der Waals surface area contributed by atoms with Gasteiger partial charge in [0.05, 0.1) is 11.1 Å². The average molecular weight is 438 g/mol. The summed E-state index contributed by atoms with van der Waals surface area (Å²) in [5.74, 6) is -1.43. The maximum atomic E-state index is 14.5. The topological polar surface area (TPSA) is 82.1 Å². The van der Waals surface area contributed by atoms with E-state index in [2.05, 4.69) is 15.9 Å². The SMILES string of the molecule is O=C(OC[C@H]1OC(O)(Br)[C@@H]([18F])[C@@H]1OC(=O)c1ccccc1)c1ccccc1. The van der Waals surface area contributed by atoms with Crippen molar-refractivity contribution in [3.63, 3.8) is 0 Å². The fourth-order valence-corrected chi connectivity index (χ4v) is 3.08. The normalized spacial score (nSPS) is 27.1. The maximum Gasteiger partial charge on any atom is 0.338 e. The molecule has 0 spiro atoms. The van der Waals surface area contributed by atoms with Gasteiger partial charge in [-0.15, -0.1) is 0 Å². The van der Waals surface area contributed by atoms with E-state index in [4.69, 9.17) is 14.2 Å². The number of benzene rings is 2. The van der Waals surface area contributed by atoms with E-state index in [9.17, 15) is 19.1 Å². The van der Waals surface area contributed by atoms with Crippen LogP contribution in [0, 0.1) is 0 Å². The van der Waals surface area contributed by atoms with Crippen LogP contribution in [-0.4, -0.2) is 46.7 Å². The van der Waals surface area contributed by atoms with Gasteiger partial charge in [-0.1, -0.05) is 36.4 Å². The minimum Gasteiger partial charge on any atom is -0.459 e. The first-order chi connectivity index (χ1) is 12.9. The predicted octanol–water partition coefficient (Wildman–Crippen LogP) is 2.85. The van der Waals surface area contributed by atoms with Crippen molar-refractivity contribution in [1.82, 2.24) is 0 Å². The third kappa shape index (κ3) is 4.52. The van der Waals surface area contributed by atoms with Gasteiger partial charge in [-0.2, -0.15) is 0 Å². The van der Waals surface area contributed by atoms with Crippen LogP contribution in [0.25, 0.3) is 0 Å². The molecule has 0 saturated carbocycles. The fourth-order valence-electron chi connectivity index (χ4n) is 2.58. The zero-order valence-corrected chi connectivity index (χ0v) is 15.5. The lowest BCUT2D eigenvalue weighted by Crippen LogP contribution is -2.38. The zero-order valence-electron chi connectivity index (χ0n) is 14.0. The van der Waals surface area contributed by atoms with Crippen LogP contribution in [0.1, 0.15) is 20.7 Å². The molecule has 1 aliphatic heterocycles. The van der Waals surface area contributed by atoms with Crippen molar-refractivity contribution < 1.29 is 33.3 Å². The van der Waals surface area contributed by atoms with Crippen molar-refractivity contribution in [1.29, 1.82) is 0 Å². The highest BCUT2D eigenvalue weighted by atomic mass is 79.9. The van der Waals surface area contributed by atoms with Gasteiger partial charge in [0.25, 0.3) is 4.70 Å². The molecule has 142 valence electrons. The molecule has 0 amide bonds. The van der Waals surface area contributed by atoms with Gasteiger partial charge in [0.2, 0.25) is 6.17 Å². The molecular formula is C19H16BrFO6. The number of ether oxygens (including phenoxy) is 3. The first kappa shape index (κ1) is 19.5. The largest absolute Gasteiger partial charge is 0.459 e. The van der Waals surface area contributed by atoms with E-state index in [-0.39, 0.29) is 5.56 Å². The second kappa shape index (κ2) is 8.16. The van der Waals surface area contributed by atoms with Gasteiger partial charge in [-0.25, -0.2) is 14.0 Å². The predicted molar refractivity (Wildman–Crippen MR) is 96.0 cm³/mol. The molecule has 1 heterocycles. The lowest BCUT2D eigenvalue weighted by Gasteiger charge is -2.19. The van der Waals surface area contributed by atoms with E-state index in [1.165, 1.54) is 12.1 Å². The van der Waals surface area contributed by atoms with Crippen molar-refractivity contribution in [3.05, 3.63) is 71.8 Å². The van der Waals surface area contributed by atoms with Crippen molar-refractivity contribution in [2.75, 3.05) is 6.61 Å². The van der Waals surface area contributed by atoms with E-state index in [1.807, 2.05) is 0 Å². The molecule has 4 atom stereocenters. The molecule has 1 unspecified atom stereocenters. The molecule has 8 heteroatoms. The summed E-state index contributed by atoms with van der Waals surface area (Å²) in [4.78, 5) is 24.3. The molecule has 0 aromatic heterocycles. The molecule has 1 aliphatic rings. The highest BCUT2D eigenvalue weighted by Gasteiger charge is 2.56. The Morgan fingerprint density at radius 3 is 2.11 bits per heavy atom. The standard InChI is InChI=1S/C19H16BrFO6/c20-19(24)16(21)15(26-18(23)13-9-5-2-6-10-13)14(27-19)11-25-17(22)12-7-3-1-4-8-12/h1-10,14-16,24H,11H2/t14-,15-,16+,19?/m1/s1/i21-1. The second-order valence-corrected chi connectivity index (χ2v) is 7.00. The monoisotopic (exact) mass is 437 g/mol. The fraction of sp³-hybridized carbons (Fsp3) is 0.263. The maximum absolute atomic E-state index is 14.5. The molecule has 1 fully saturated rings. The number of halogens is 2. The Hall–Kier alpha value is -2.29. The van der Waals surface area contributed by atoms with Gasteiger partial charge >= 0.3 is 11.9 Å². The number of alkyl halides is 2. The number of hydrogen-bond donors (Lipinski definition) is 1. The molecule has 0 radical (unpaired) electrons. The second-order valence-electron chi connectivity index (χ2n) is 5.87. The van der Waals surface area contributed by atoms with Crippen molar-refractivity contribution in [2.45, 2.75) is 23.1 Å². The summed E-state index contributed by atoms with van der Waals surface area (Å²) >= 11 is 2.71. The van der Waals surface area contributed by atoms with Crippen molar-refractivity contribution in [2.24, 2.45) is 0 Å². The zero-order chi connectivity index (χ0) is 19.4. The number of hydrogen-bond acceptors (Lipinski definition) is 6. The molecule has 3 rings (SSSR count). The van der Waals surface area contributed by atoms with Gasteiger partial charge in [0.15, 0.2) is 6.10 Å². The summed E-state index contributed by atoms with van der Waals surface area (Å²) in [5.41, 5.74) is 0.522. The smallest absolute Gasteiger partial charge is 0.338 e. The Balaban J connectivity index is 1.68. The van der Waals surface area contributed by atoms with Crippen LogP contribution in [0.15, 0.2) is 60.7 Å². The minimum absolute atomic E-state index is 0.217. The molecule has 1 saturated heterocycles. The highest BCUT2D eigenvalue weighted by Crippen LogP contribution is 2.38. The molecule has 1 N–H and O–H groups in total. The van der Waals surface area contributed by atoms with Gasteiger partial charge in [-0.05, 0) is 40.2 Å². The van der Waals surface area contributed by atoms with E-state index < -0.39 is 41.6 Å². The van der Waals surface area contributed by atoms with Gasteiger partial charge in [0, 0.05) is 0 Å². The quantitative estimate of drug-likeness (QED) is 0.571. The average Bonchev–Trinajstić information content (AvgIpc) is 2.90. The van der Waals surface area contributed by atoms with Gasteiger partial charge in [0.1, 0.15) is 12.7 Å². The van der Waals surface area contributed by atoms with Crippen LogP contribution in [0.4, 0.5) is 4.39 Å². The summed E-state index contributed by atoms with van der Waals surface area (Å²) < 4.78 is 27.6. The van der Waals surface area contributed by atoms with Crippen LogP contribution >= 0.6 is 15.9 Å². The minimum atomic E-state index is -2.35. The Kier molecular flexibility index (Phi) is 5.88. The third-order valence-electron chi connectivity index (χ3n) is 3.95. The first-order valence-electron chi connectivity index (χ1n) is 8.10. The van der Waals surface area contributed by atoms with Crippen LogP contribution in [0.3, 0.4) is 0 Å². The Morgan fingerprint density at radius 1 is 1.04 bits per heavy atom. The number of carbonyl (C=O) groups is 2. The van der Waals surface area contributed by atoms with Crippen molar-refractivity contribution >= 4 is 27.9 Å². The van der Waals surface area contributed by atoms with Crippen LogP contribution in [0.5, 0.6) is 0 Å². The van der Waals surface area contributed by atoms with Crippen molar-refractivity contribution in [3.8, 4) is 0 Å². The molecule has 0 aliphatic carbocycles. The lowest BCUT2D eigenvalue weighted by atomic mass is 10.1. The Bertz CT molecular complexity index is 798. The Labute approximate surface area is 163 Å². The lowest BCUT2D eigenvalue weighted by molar-refractivity contribution is -0.144. The summed E-state index contributed by atoms with van der Waals surface area (Å²) in [6, 6.07) is 16.2. The molecular weight excluding hydrogens is 422 g/mol. The number of rotatable bonds is 5. The van der Waals surface area contributed by atoms with Crippen LogP contribution < -0.4 is 0 Å². The summed E-state index contributed by atoms with van der Waals surface area (Å²) in [7, 11) is 0. The summed E-state index contributed by atoms with van der Waals surface area (Å²) in [5, 5.41) is 9.96. The molecule has 2 aromatic rings. The molecule has 2 aromatic carbocycles.